The van der Waals surface area contributed by atoms with Crippen LogP contribution in [-0.2, 0) is 23.8 Å². The number of carbonyl (C=O) groups is 1. The quantitative estimate of drug-likeness (QED) is 0.101. The third-order valence-electron chi connectivity index (χ3n) is 5.21. The lowest BCUT2D eigenvalue weighted by molar-refractivity contribution is -0.149. The summed E-state index contributed by atoms with van der Waals surface area (Å²) in [7, 11) is -3.87. The standard InChI is InChI=1S/C32H44O5S/c1-4-5-6-7-8-9-10-11-12-13-14-15-16-17-18-19-20-21-22-23-32(33)37-30(3)28-36-38(34,35)31-26-24-29(2)25-27-31/h5-6,8-9,11-12,14-15,17-18,20-21,24-27,30H,4,7,10,13,16,19,22-23,28H2,1-3H3/b6-5-,9-8-,12-11-,15-14-,18-17-,21-20-. The minimum absolute atomic E-state index is 0.0827. The maximum absolute atomic E-state index is 12.2. The normalized spacial score (nSPS) is 13.8. The summed E-state index contributed by atoms with van der Waals surface area (Å²) in [4.78, 5) is 12.1. The Bertz CT molecular complexity index is 1060. The van der Waals surface area contributed by atoms with Crippen molar-refractivity contribution in [2.45, 2.75) is 83.1 Å². The van der Waals surface area contributed by atoms with Crippen LogP contribution < -0.4 is 0 Å². The lowest BCUT2D eigenvalue weighted by Crippen LogP contribution is -2.22. The molecule has 0 saturated carbocycles. The molecule has 0 radical (unpaired) electrons. The summed E-state index contributed by atoms with van der Waals surface area (Å²) in [5.74, 6) is -0.381. The summed E-state index contributed by atoms with van der Waals surface area (Å²) in [5.41, 5.74) is 0.957. The molecule has 6 heteroatoms. The summed E-state index contributed by atoms with van der Waals surface area (Å²) in [5, 5.41) is 0. The molecule has 0 heterocycles. The molecular weight excluding hydrogens is 496 g/mol. The van der Waals surface area contributed by atoms with Gasteiger partial charge in [0.05, 0.1) is 4.90 Å². The molecule has 0 aromatic heterocycles. The Morgan fingerprint density at radius 2 is 1.21 bits per heavy atom. The van der Waals surface area contributed by atoms with Crippen molar-refractivity contribution in [2.75, 3.05) is 6.61 Å². The van der Waals surface area contributed by atoms with Crippen molar-refractivity contribution in [3.63, 3.8) is 0 Å². The average molecular weight is 541 g/mol. The van der Waals surface area contributed by atoms with Crippen LogP contribution in [0, 0.1) is 6.92 Å². The smallest absolute Gasteiger partial charge is 0.306 e. The van der Waals surface area contributed by atoms with Gasteiger partial charge < -0.3 is 4.74 Å². The van der Waals surface area contributed by atoms with Crippen molar-refractivity contribution in [1.82, 2.24) is 0 Å². The van der Waals surface area contributed by atoms with E-state index in [1.54, 1.807) is 19.1 Å². The van der Waals surface area contributed by atoms with Gasteiger partial charge in [-0.05, 0) is 70.9 Å². The first-order chi connectivity index (χ1) is 18.3. The van der Waals surface area contributed by atoms with Gasteiger partial charge in [0.1, 0.15) is 12.7 Å². The number of aryl methyl sites for hydroxylation is 1. The van der Waals surface area contributed by atoms with Crippen molar-refractivity contribution in [3.05, 3.63) is 103 Å². The number of allylic oxidation sites excluding steroid dienone is 12. The largest absolute Gasteiger partial charge is 0.460 e. The average Bonchev–Trinajstić information content (AvgIpc) is 2.89. The summed E-state index contributed by atoms with van der Waals surface area (Å²) in [6, 6.07) is 6.39. The van der Waals surface area contributed by atoms with E-state index >= 15 is 0 Å². The van der Waals surface area contributed by atoms with E-state index in [1.165, 1.54) is 12.1 Å². The zero-order valence-electron chi connectivity index (χ0n) is 23.1. The second-order valence-electron chi connectivity index (χ2n) is 8.81. The first-order valence-electron chi connectivity index (χ1n) is 13.4. The van der Waals surface area contributed by atoms with Crippen molar-refractivity contribution in [3.8, 4) is 0 Å². The predicted molar refractivity (Wildman–Crippen MR) is 157 cm³/mol. The molecule has 0 saturated heterocycles. The number of esters is 1. The second-order valence-corrected chi connectivity index (χ2v) is 10.4. The van der Waals surface area contributed by atoms with Crippen LogP contribution in [0.1, 0.15) is 70.8 Å². The molecular formula is C32H44O5S. The van der Waals surface area contributed by atoms with Crippen LogP contribution in [0.4, 0.5) is 0 Å². The third kappa shape index (κ3) is 17.5. The first-order valence-corrected chi connectivity index (χ1v) is 14.8. The van der Waals surface area contributed by atoms with E-state index in [2.05, 4.69) is 67.7 Å². The highest BCUT2D eigenvalue weighted by Gasteiger charge is 2.18. The van der Waals surface area contributed by atoms with Gasteiger partial charge in [-0.1, -0.05) is 97.5 Å². The molecule has 0 N–H and O–H groups in total. The Kier molecular flexibility index (Phi) is 18.3. The number of ether oxygens (including phenoxy) is 1. The number of benzene rings is 1. The van der Waals surface area contributed by atoms with Crippen LogP contribution >= 0.6 is 0 Å². The number of hydrogen-bond acceptors (Lipinski definition) is 5. The topological polar surface area (TPSA) is 69.7 Å². The van der Waals surface area contributed by atoms with E-state index in [0.29, 0.717) is 6.42 Å². The van der Waals surface area contributed by atoms with Crippen molar-refractivity contribution < 1.29 is 22.1 Å². The molecule has 208 valence electrons. The third-order valence-corrected chi connectivity index (χ3v) is 6.51. The molecule has 1 unspecified atom stereocenters. The summed E-state index contributed by atoms with van der Waals surface area (Å²) in [6.07, 6.45) is 31.5. The van der Waals surface area contributed by atoms with E-state index in [1.807, 2.05) is 19.1 Å². The van der Waals surface area contributed by atoms with Gasteiger partial charge in [-0.3, -0.25) is 8.98 Å². The van der Waals surface area contributed by atoms with Gasteiger partial charge in [-0.25, -0.2) is 0 Å². The highest BCUT2D eigenvalue weighted by molar-refractivity contribution is 7.86. The predicted octanol–water partition coefficient (Wildman–Crippen LogP) is 8.11. The van der Waals surface area contributed by atoms with Crippen molar-refractivity contribution in [1.29, 1.82) is 0 Å². The number of carbonyl (C=O) groups excluding carboxylic acids is 1. The molecule has 38 heavy (non-hydrogen) atoms. The van der Waals surface area contributed by atoms with Crippen molar-refractivity contribution in [2.24, 2.45) is 0 Å². The summed E-state index contributed by atoms with van der Waals surface area (Å²) >= 11 is 0. The highest BCUT2D eigenvalue weighted by atomic mass is 32.2. The minimum atomic E-state index is -3.87. The van der Waals surface area contributed by atoms with Crippen LogP contribution in [0.25, 0.3) is 0 Å². The molecule has 5 nitrogen and oxygen atoms in total. The Hall–Kier alpha value is -2.96. The van der Waals surface area contributed by atoms with Gasteiger partial charge in [-0.15, -0.1) is 0 Å². The van der Waals surface area contributed by atoms with Gasteiger partial charge >= 0.3 is 5.97 Å². The Labute approximate surface area is 230 Å². The summed E-state index contributed by atoms with van der Waals surface area (Å²) in [6.45, 7) is 5.41. The van der Waals surface area contributed by atoms with E-state index in [9.17, 15) is 13.2 Å². The second kappa shape index (κ2) is 21.0. The Balaban J connectivity index is 2.10. The molecule has 1 aromatic carbocycles. The molecule has 0 fully saturated rings. The molecule has 0 aliphatic rings. The molecule has 0 spiro atoms. The minimum Gasteiger partial charge on any atom is -0.460 e. The Morgan fingerprint density at radius 1 is 0.763 bits per heavy atom. The zero-order valence-corrected chi connectivity index (χ0v) is 23.9. The fourth-order valence-corrected chi connectivity index (χ4v) is 4.09. The molecule has 0 bridgehead atoms. The molecule has 0 aliphatic heterocycles. The summed E-state index contributed by atoms with van der Waals surface area (Å²) < 4.78 is 34.7. The van der Waals surface area contributed by atoms with Gasteiger partial charge in [-0.2, -0.15) is 8.42 Å². The van der Waals surface area contributed by atoms with Gasteiger partial charge in [0.15, 0.2) is 0 Å². The maximum Gasteiger partial charge on any atom is 0.306 e. The first kappa shape index (κ1) is 33.1. The molecule has 1 rings (SSSR count). The monoisotopic (exact) mass is 540 g/mol. The fraction of sp³-hybridized carbons (Fsp3) is 0.406. The SMILES string of the molecule is CC/C=C\C/C=C\C/C=C\C/C=C\C/C=C\C/C=C\CCC(=O)OC(C)COS(=O)(=O)c1ccc(C)cc1. The van der Waals surface area contributed by atoms with E-state index in [-0.39, 0.29) is 23.9 Å². The van der Waals surface area contributed by atoms with E-state index in [0.717, 1.165) is 44.1 Å². The van der Waals surface area contributed by atoms with Crippen LogP contribution in [0.3, 0.4) is 0 Å². The highest BCUT2D eigenvalue weighted by Crippen LogP contribution is 2.14. The van der Waals surface area contributed by atoms with E-state index in [4.69, 9.17) is 8.92 Å². The molecule has 0 amide bonds. The molecule has 0 aliphatic carbocycles. The van der Waals surface area contributed by atoms with Gasteiger partial charge in [0.2, 0.25) is 0 Å². The van der Waals surface area contributed by atoms with Crippen LogP contribution in [0.5, 0.6) is 0 Å². The van der Waals surface area contributed by atoms with Gasteiger partial charge in [0, 0.05) is 6.42 Å². The lowest BCUT2D eigenvalue weighted by Gasteiger charge is -2.13. The van der Waals surface area contributed by atoms with Gasteiger partial charge in [0.25, 0.3) is 10.1 Å². The number of rotatable bonds is 19. The van der Waals surface area contributed by atoms with Crippen molar-refractivity contribution >= 4 is 16.1 Å². The molecule has 1 aromatic rings. The van der Waals surface area contributed by atoms with Crippen LogP contribution in [0.2, 0.25) is 0 Å². The zero-order chi connectivity index (χ0) is 27.9. The van der Waals surface area contributed by atoms with Crippen LogP contribution in [0.15, 0.2) is 102 Å². The lowest BCUT2D eigenvalue weighted by atomic mass is 10.2. The van der Waals surface area contributed by atoms with Crippen LogP contribution in [-0.4, -0.2) is 27.1 Å². The number of hydrogen-bond donors (Lipinski definition) is 0. The molecule has 1 atom stereocenters. The fourth-order valence-electron chi connectivity index (χ4n) is 3.12. The van der Waals surface area contributed by atoms with E-state index < -0.39 is 16.2 Å². The Morgan fingerprint density at radius 3 is 1.68 bits per heavy atom. The maximum atomic E-state index is 12.2.